The smallest absolute Gasteiger partial charge is 0.242 e. The number of nitrogens with one attached hydrogen (secondary N) is 1. The first-order valence-corrected chi connectivity index (χ1v) is 9.47. The van der Waals surface area contributed by atoms with Gasteiger partial charge in [-0.1, -0.05) is 29.8 Å². The summed E-state index contributed by atoms with van der Waals surface area (Å²) in [6.45, 7) is 2.81. The number of fused-ring (bicyclic) bond motifs is 1. The lowest BCUT2D eigenvalue weighted by Gasteiger charge is -2.29. The number of nitrogens with zero attached hydrogens (tertiary/aromatic N) is 3. The quantitative estimate of drug-likeness (QED) is 0.712. The van der Waals surface area contributed by atoms with Crippen LogP contribution in [0.2, 0.25) is 5.02 Å². The van der Waals surface area contributed by atoms with Gasteiger partial charge in [0.1, 0.15) is 12.4 Å². The first kappa shape index (κ1) is 18.7. The van der Waals surface area contributed by atoms with Crippen LogP contribution in [-0.4, -0.2) is 42.0 Å². The van der Waals surface area contributed by atoms with Crippen LogP contribution in [0.25, 0.3) is 10.9 Å². The highest BCUT2D eigenvalue weighted by molar-refractivity contribution is 6.31. The minimum absolute atomic E-state index is 0.0475. The molecular weight excluding hydrogens is 383 g/mol. The van der Waals surface area contributed by atoms with Crippen LogP contribution in [0.1, 0.15) is 5.56 Å². The highest BCUT2D eigenvalue weighted by atomic mass is 35.5. The van der Waals surface area contributed by atoms with Crippen LogP contribution in [0.4, 0.5) is 10.1 Å². The van der Waals surface area contributed by atoms with Gasteiger partial charge in [0.15, 0.2) is 0 Å². The van der Waals surface area contributed by atoms with Gasteiger partial charge in [-0.2, -0.15) is 5.10 Å². The second kappa shape index (κ2) is 8.16. The van der Waals surface area contributed by atoms with E-state index in [0.717, 1.165) is 29.7 Å². The number of hydrogen-bond donors (Lipinski definition) is 1. The van der Waals surface area contributed by atoms with Crippen LogP contribution in [-0.2, 0) is 22.6 Å². The van der Waals surface area contributed by atoms with Crippen LogP contribution in [0.5, 0.6) is 0 Å². The average Bonchev–Trinajstić information content (AvgIpc) is 3.12. The highest BCUT2D eigenvalue weighted by Gasteiger charge is 2.17. The van der Waals surface area contributed by atoms with Crippen LogP contribution in [0.15, 0.2) is 42.6 Å². The summed E-state index contributed by atoms with van der Waals surface area (Å²) in [4.78, 5) is 14.4. The normalized spacial score (nSPS) is 14.4. The monoisotopic (exact) mass is 402 g/mol. The predicted molar refractivity (Wildman–Crippen MR) is 106 cm³/mol. The fourth-order valence-corrected chi connectivity index (χ4v) is 3.53. The molecule has 2 heterocycles. The molecule has 1 saturated heterocycles. The molecule has 28 heavy (non-hydrogen) atoms. The number of benzene rings is 2. The number of aromatic nitrogens is 2. The summed E-state index contributed by atoms with van der Waals surface area (Å²) in [5, 5.41) is 8.01. The zero-order valence-electron chi connectivity index (χ0n) is 15.2. The number of para-hydroxylation sites is 1. The molecule has 6 nitrogen and oxygen atoms in total. The Morgan fingerprint density at radius 2 is 2.04 bits per heavy atom. The van der Waals surface area contributed by atoms with Gasteiger partial charge in [-0.3, -0.25) is 9.48 Å². The molecule has 0 radical (unpaired) electrons. The summed E-state index contributed by atoms with van der Waals surface area (Å²) >= 11 is 6.07. The third kappa shape index (κ3) is 3.95. The van der Waals surface area contributed by atoms with E-state index in [4.69, 9.17) is 16.3 Å². The van der Waals surface area contributed by atoms with E-state index in [9.17, 15) is 9.18 Å². The van der Waals surface area contributed by atoms with E-state index in [1.54, 1.807) is 23.0 Å². The zero-order valence-corrected chi connectivity index (χ0v) is 16.0. The van der Waals surface area contributed by atoms with Gasteiger partial charge in [-0.15, -0.1) is 0 Å². The second-order valence-corrected chi connectivity index (χ2v) is 7.05. The van der Waals surface area contributed by atoms with Crippen molar-refractivity contribution in [3.8, 4) is 0 Å². The van der Waals surface area contributed by atoms with Crippen molar-refractivity contribution < 1.29 is 13.9 Å². The Bertz CT molecular complexity index is 1000. The number of anilines is 1. The molecule has 1 aliphatic rings. The van der Waals surface area contributed by atoms with Gasteiger partial charge in [-0.05, 0) is 18.2 Å². The number of ether oxygens (including phenoxy) is 1. The van der Waals surface area contributed by atoms with Crippen LogP contribution < -0.4 is 10.2 Å². The molecular formula is C20H20ClFN4O2. The summed E-state index contributed by atoms with van der Waals surface area (Å²) in [5.41, 5.74) is 2.06. The van der Waals surface area contributed by atoms with E-state index in [1.165, 1.54) is 0 Å². The molecule has 4 rings (SSSR count). The minimum atomic E-state index is -0.511. The van der Waals surface area contributed by atoms with Crippen molar-refractivity contribution in [2.24, 2.45) is 0 Å². The molecule has 1 aromatic heterocycles. The Morgan fingerprint density at radius 1 is 1.25 bits per heavy atom. The maximum absolute atomic E-state index is 14.4. The Morgan fingerprint density at radius 3 is 2.86 bits per heavy atom. The maximum atomic E-state index is 14.4. The molecule has 0 bridgehead atoms. The largest absolute Gasteiger partial charge is 0.378 e. The number of carbonyl (C=O) groups excluding carboxylic acids is 1. The van der Waals surface area contributed by atoms with Gasteiger partial charge < -0.3 is 15.0 Å². The van der Waals surface area contributed by atoms with E-state index in [-0.39, 0.29) is 24.0 Å². The van der Waals surface area contributed by atoms with Crippen molar-refractivity contribution >= 4 is 34.1 Å². The Balaban J connectivity index is 1.45. The van der Waals surface area contributed by atoms with Gasteiger partial charge in [-0.25, -0.2) is 4.39 Å². The summed E-state index contributed by atoms with van der Waals surface area (Å²) in [5.74, 6) is -0.760. The van der Waals surface area contributed by atoms with Crippen molar-refractivity contribution in [2.75, 3.05) is 31.2 Å². The first-order valence-electron chi connectivity index (χ1n) is 9.09. The molecule has 1 N–H and O–H groups in total. The molecule has 0 saturated carbocycles. The molecule has 0 atom stereocenters. The Kier molecular flexibility index (Phi) is 5.45. The number of carbonyl (C=O) groups is 1. The molecule has 0 aliphatic carbocycles. The molecule has 0 spiro atoms. The fourth-order valence-electron chi connectivity index (χ4n) is 3.30. The van der Waals surface area contributed by atoms with Crippen molar-refractivity contribution in [3.05, 3.63) is 59.0 Å². The van der Waals surface area contributed by atoms with E-state index in [2.05, 4.69) is 15.3 Å². The van der Waals surface area contributed by atoms with Crippen LogP contribution in [0.3, 0.4) is 0 Å². The second-order valence-electron chi connectivity index (χ2n) is 6.64. The molecule has 1 aliphatic heterocycles. The Labute approximate surface area is 166 Å². The van der Waals surface area contributed by atoms with E-state index >= 15 is 0 Å². The number of halogens is 2. The minimum Gasteiger partial charge on any atom is -0.378 e. The van der Waals surface area contributed by atoms with Crippen molar-refractivity contribution in [3.63, 3.8) is 0 Å². The predicted octanol–water partition coefficient (Wildman–Crippen LogP) is 2.98. The number of morpholine rings is 1. The third-order valence-corrected chi connectivity index (χ3v) is 5.06. The van der Waals surface area contributed by atoms with Crippen LogP contribution in [0, 0.1) is 5.82 Å². The number of amides is 1. The van der Waals surface area contributed by atoms with Gasteiger partial charge in [0, 0.05) is 36.3 Å². The van der Waals surface area contributed by atoms with E-state index in [0.29, 0.717) is 18.8 Å². The molecule has 146 valence electrons. The summed E-state index contributed by atoms with van der Waals surface area (Å²) in [7, 11) is 0. The topological polar surface area (TPSA) is 59.4 Å². The third-order valence-electron chi connectivity index (χ3n) is 4.78. The Hall–Kier alpha value is -2.64. The van der Waals surface area contributed by atoms with Crippen LogP contribution >= 0.6 is 11.6 Å². The zero-order chi connectivity index (χ0) is 19.5. The summed E-state index contributed by atoms with van der Waals surface area (Å²) in [6.07, 6.45) is 1.72. The lowest BCUT2D eigenvalue weighted by atomic mass is 10.1. The van der Waals surface area contributed by atoms with Gasteiger partial charge in [0.05, 0.1) is 29.9 Å². The fraction of sp³-hybridized carbons (Fsp3) is 0.300. The molecule has 2 aromatic carbocycles. The lowest BCUT2D eigenvalue weighted by molar-refractivity contribution is -0.121. The molecule has 0 unspecified atom stereocenters. The summed E-state index contributed by atoms with van der Waals surface area (Å²) in [6, 6.07) is 11.0. The average molecular weight is 403 g/mol. The molecule has 3 aromatic rings. The summed E-state index contributed by atoms with van der Waals surface area (Å²) < 4.78 is 21.4. The lowest BCUT2D eigenvalue weighted by Crippen LogP contribution is -2.36. The molecule has 1 fully saturated rings. The molecule has 1 amide bonds. The SMILES string of the molecule is O=C(Cn1ncc2ccccc21)NCc1cc(N2CCOCC2)cc(Cl)c1F. The van der Waals surface area contributed by atoms with Crippen molar-refractivity contribution in [2.45, 2.75) is 13.1 Å². The van der Waals surface area contributed by atoms with E-state index < -0.39 is 5.82 Å². The number of rotatable bonds is 5. The van der Waals surface area contributed by atoms with Gasteiger partial charge in [0.25, 0.3) is 0 Å². The van der Waals surface area contributed by atoms with Crippen molar-refractivity contribution in [1.29, 1.82) is 0 Å². The molecule has 8 heteroatoms. The maximum Gasteiger partial charge on any atom is 0.242 e. The standard InChI is InChI=1S/C20H20ClFN4O2/c21-17-10-16(25-5-7-28-8-6-25)9-15(20(17)22)11-23-19(27)13-26-18-4-2-1-3-14(18)12-24-26/h1-4,9-10,12H,5-8,11,13H2,(H,23,27). The first-order chi connectivity index (χ1) is 13.6. The van der Waals surface area contributed by atoms with E-state index in [1.807, 2.05) is 24.3 Å². The highest BCUT2D eigenvalue weighted by Crippen LogP contribution is 2.27. The van der Waals surface area contributed by atoms with Gasteiger partial charge >= 0.3 is 0 Å². The van der Waals surface area contributed by atoms with Gasteiger partial charge in [0.2, 0.25) is 5.91 Å². The van der Waals surface area contributed by atoms with Crippen molar-refractivity contribution in [1.82, 2.24) is 15.1 Å². The number of hydrogen-bond acceptors (Lipinski definition) is 4.